The fraction of sp³-hybridized carbons (Fsp3) is 0.448. The van der Waals surface area contributed by atoms with E-state index in [1.54, 1.807) is 12.1 Å². The summed E-state index contributed by atoms with van der Waals surface area (Å²) in [6, 6.07) is 7.17. The maximum atomic E-state index is 13.5. The van der Waals surface area contributed by atoms with E-state index in [0.29, 0.717) is 51.7 Å². The fourth-order valence-electron chi connectivity index (χ4n) is 4.99. The second kappa shape index (κ2) is 13.2. The third-order valence-corrected chi connectivity index (χ3v) is 8.74. The first-order valence-corrected chi connectivity index (χ1v) is 15.4. The second-order valence-electron chi connectivity index (χ2n) is 11.4. The number of nitrogens with one attached hydrogen (secondary N) is 3. The lowest BCUT2D eigenvalue weighted by Crippen LogP contribution is -2.50. The standard InChI is InChI=1S/C29H34B2N8O5S/c1-15(2)38-10-12-39(13-11-38)28(42)24-16(3)32-27(45-24)18-6-5-7-19(23(18)44-4)33-20-14-21(34-25(40)17-8-9-17)36-37-22(20)26(41)35-29(30,31)43/h5-7,14-15,17,43H,8-13H2,1-4H3,(H,35,41)(H2,33,34,36,40). The molecular weight excluding hydrogens is 594 g/mol. The van der Waals surface area contributed by atoms with Crippen molar-refractivity contribution in [3.8, 4) is 16.3 Å². The molecule has 2 aromatic heterocycles. The second-order valence-corrected chi connectivity index (χ2v) is 12.4. The number of aryl methyl sites for hydroxylation is 1. The van der Waals surface area contributed by atoms with Crippen LogP contribution in [0.3, 0.4) is 0 Å². The summed E-state index contributed by atoms with van der Waals surface area (Å²) < 4.78 is 5.80. The molecule has 5 rings (SSSR count). The van der Waals surface area contributed by atoms with Crippen molar-refractivity contribution < 1.29 is 24.2 Å². The molecule has 3 amide bonds. The van der Waals surface area contributed by atoms with E-state index in [4.69, 9.17) is 25.4 Å². The number of thiazole rings is 1. The fourth-order valence-corrected chi connectivity index (χ4v) is 6.05. The minimum atomic E-state index is -2.51. The van der Waals surface area contributed by atoms with E-state index in [1.165, 1.54) is 24.5 Å². The van der Waals surface area contributed by atoms with Crippen LogP contribution in [-0.2, 0) is 4.79 Å². The van der Waals surface area contributed by atoms with Crippen LogP contribution >= 0.6 is 11.3 Å². The molecule has 232 valence electrons. The third kappa shape index (κ3) is 7.63. The van der Waals surface area contributed by atoms with E-state index >= 15 is 0 Å². The molecule has 0 unspecified atom stereocenters. The summed E-state index contributed by atoms with van der Waals surface area (Å²) in [7, 11) is 12.2. The van der Waals surface area contributed by atoms with Gasteiger partial charge in [-0.2, -0.15) is 0 Å². The van der Waals surface area contributed by atoms with Crippen molar-refractivity contribution in [2.75, 3.05) is 43.9 Å². The van der Waals surface area contributed by atoms with E-state index in [2.05, 4.69) is 39.6 Å². The van der Waals surface area contributed by atoms with Gasteiger partial charge in [-0.05, 0) is 45.7 Å². The highest BCUT2D eigenvalue weighted by atomic mass is 32.1. The minimum Gasteiger partial charge on any atom is -0.494 e. The molecule has 16 heteroatoms. The molecule has 0 atom stereocenters. The SMILES string of the molecule is [B]C([B])(O)NC(=O)c1nnc(NC(=O)C2CC2)cc1Nc1cccc(-c2nc(C)c(C(=O)N3CCN(C(C)C)CC3)s2)c1OC. The summed E-state index contributed by atoms with van der Waals surface area (Å²) >= 11 is 1.29. The summed E-state index contributed by atoms with van der Waals surface area (Å²) in [6.45, 7) is 9.06. The van der Waals surface area contributed by atoms with Gasteiger partial charge in [0.15, 0.2) is 17.3 Å². The number of anilines is 3. The number of methoxy groups -OCH3 is 1. The zero-order valence-electron chi connectivity index (χ0n) is 25.6. The molecule has 45 heavy (non-hydrogen) atoms. The van der Waals surface area contributed by atoms with Crippen molar-refractivity contribution in [1.82, 2.24) is 30.3 Å². The molecule has 2 aliphatic rings. The summed E-state index contributed by atoms with van der Waals surface area (Å²) in [5.74, 6) is -0.749. The van der Waals surface area contributed by atoms with E-state index in [1.807, 2.05) is 23.2 Å². The van der Waals surface area contributed by atoms with E-state index < -0.39 is 11.4 Å². The van der Waals surface area contributed by atoms with Gasteiger partial charge >= 0.3 is 0 Å². The van der Waals surface area contributed by atoms with Crippen LogP contribution < -0.4 is 20.7 Å². The molecule has 1 aromatic carbocycles. The van der Waals surface area contributed by atoms with Crippen LogP contribution in [0.2, 0.25) is 0 Å². The van der Waals surface area contributed by atoms with Gasteiger partial charge in [-0.1, -0.05) is 6.07 Å². The highest BCUT2D eigenvalue weighted by molar-refractivity contribution is 7.17. The largest absolute Gasteiger partial charge is 0.494 e. The number of hydrogen-bond acceptors (Lipinski definition) is 11. The number of rotatable bonds is 10. The van der Waals surface area contributed by atoms with Gasteiger partial charge < -0.3 is 30.7 Å². The predicted octanol–water partition coefficient (Wildman–Crippen LogP) is 1.85. The van der Waals surface area contributed by atoms with Crippen molar-refractivity contribution >= 4 is 61.9 Å². The van der Waals surface area contributed by atoms with Crippen molar-refractivity contribution in [3.63, 3.8) is 0 Å². The highest BCUT2D eigenvalue weighted by Crippen LogP contribution is 2.41. The maximum Gasteiger partial charge on any atom is 0.274 e. The average Bonchev–Trinajstić information content (AvgIpc) is 3.77. The van der Waals surface area contributed by atoms with Crippen LogP contribution in [0.25, 0.3) is 10.6 Å². The summed E-state index contributed by atoms with van der Waals surface area (Å²) in [5.41, 5.74) is -0.967. The van der Waals surface area contributed by atoms with Gasteiger partial charge in [0.25, 0.3) is 11.8 Å². The van der Waals surface area contributed by atoms with E-state index in [9.17, 15) is 19.5 Å². The van der Waals surface area contributed by atoms with Crippen LogP contribution in [0.15, 0.2) is 24.3 Å². The number of carbonyl (C=O) groups is 3. The molecule has 4 N–H and O–H groups in total. The molecule has 3 heterocycles. The van der Waals surface area contributed by atoms with Crippen molar-refractivity contribution in [2.45, 2.75) is 45.2 Å². The van der Waals surface area contributed by atoms with Gasteiger partial charge in [0, 0.05) is 49.7 Å². The monoisotopic (exact) mass is 628 g/mol. The number of hydrogen-bond donors (Lipinski definition) is 4. The zero-order valence-corrected chi connectivity index (χ0v) is 26.4. The van der Waals surface area contributed by atoms with Crippen LogP contribution in [0.5, 0.6) is 5.75 Å². The Morgan fingerprint density at radius 1 is 1.11 bits per heavy atom. The van der Waals surface area contributed by atoms with Gasteiger partial charge in [0.2, 0.25) is 5.91 Å². The summed E-state index contributed by atoms with van der Waals surface area (Å²) in [6.07, 6.45) is 1.58. The Morgan fingerprint density at radius 2 is 1.82 bits per heavy atom. The van der Waals surface area contributed by atoms with Crippen molar-refractivity contribution in [2.24, 2.45) is 5.92 Å². The maximum absolute atomic E-state index is 13.5. The Balaban J connectivity index is 1.44. The topological polar surface area (TPSA) is 162 Å². The van der Waals surface area contributed by atoms with Crippen LogP contribution in [0.1, 0.15) is 52.5 Å². The summed E-state index contributed by atoms with van der Waals surface area (Å²) in [4.78, 5) is 48.3. The Kier molecular flexibility index (Phi) is 9.46. The molecule has 3 aromatic rings. The predicted molar refractivity (Wildman–Crippen MR) is 172 cm³/mol. The number of amides is 3. The van der Waals surface area contributed by atoms with Crippen LogP contribution in [0, 0.1) is 12.8 Å². The van der Waals surface area contributed by atoms with Crippen LogP contribution in [-0.4, -0.2) is 108 Å². The quantitative estimate of drug-likeness (QED) is 0.193. The molecule has 2 fully saturated rings. The number of ether oxygens (including phenoxy) is 1. The third-order valence-electron chi connectivity index (χ3n) is 7.56. The lowest BCUT2D eigenvalue weighted by molar-refractivity contribution is -0.117. The van der Waals surface area contributed by atoms with Gasteiger partial charge in [-0.15, -0.1) is 21.5 Å². The van der Waals surface area contributed by atoms with Crippen LogP contribution in [0.4, 0.5) is 17.2 Å². The number of para-hydroxylation sites is 1. The first-order chi connectivity index (χ1) is 21.3. The molecule has 0 bridgehead atoms. The van der Waals surface area contributed by atoms with E-state index in [-0.39, 0.29) is 34.9 Å². The highest BCUT2D eigenvalue weighted by Gasteiger charge is 2.31. The number of aromatic nitrogens is 3. The number of aliphatic hydroxyl groups is 1. The zero-order chi connectivity index (χ0) is 32.5. The molecule has 13 nitrogen and oxygen atoms in total. The van der Waals surface area contributed by atoms with Gasteiger partial charge in [0.05, 0.1) is 29.7 Å². The van der Waals surface area contributed by atoms with Crippen molar-refractivity contribution in [1.29, 1.82) is 0 Å². The molecule has 4 radical (unpaired) electrons. The first kappa shape index (κ1) is 32.4. The number of nitrogens with zero attached hydrogens (tertiary/aromatic N) is 5. The van der Waals surface area contributed by atoms with Crippen molar-refractivity contribution in [3.05, 3.63) is 40.5 Å². The van der Waals surface area contributed by atoms with Gasteiger partial charge in [-0.3, -0.25) is 19.3 Å². The average molecular weight is 628 g/mol. The first-order valence-electron chi connectivity index (χ1n) is 14.6. The lowest BCUT2D eigenvalue weighted by Gasteiger charge is -2.36. The molecule has 1 aliphatic heterocycles. The number of carbonyl (C=O) groups excluding carboxylic acids is 3. The Bertz CT molecular complexity index is 1600. The molecule has 1 aliphatic carbocycles. The molecule has 1 saturated heterocycles. The summed E-state index contributed by atoms with van der Waals surface area (Å²) in [5, 5.41) is 26.1. The van der Waals surface area contributed by atoms with E-state index in [0.717, 1.165) is 25.9 Å². The number of piperazine rings is 1. The lowest BCUT2D eigenvalue weighted by atomic mass is 9.73. The smallest absolute Gasteiger partial charge is 0.274 e. The Morgan fingerprint density at radius 3 is 2.44 bits per heavy atom. The molecule has 0 spiro atoms. The normalized spacial score (nSPS) is 15.6. The van der Waals surface area contributed by atoms with Gasteiger partial charge in [0.1, 0.15) is 25.6 Å². The molecular formula is C29H34B2N8O5S. The Labute approximate surface area is 268 Å². The van der Waals surface area contributed by atoms with Gasteiger partial charge in [-0.25, -0.2) is 4.98 Å². The Hall–Kier alpha value is -4.01. The molecule has 1 saturated carbocycles. The minimum absolute atomic E-state index is 0.0491. The number of benzene rings is 1.